The molecule has 0 fully saturated rings. The minimum absolute atomic E-state index is 0.0255. The van der Waals surface area contributed by atoms with Crippen molar-refractivity contribution in [2.24, 2.45) is 5.41 Å². The van der Waals surface area contributed by atoms with Gasteiger partial charge in [-0.05, 0) is 24.0 Å². The molecule has 0 saturated heterocycles. The molecule has 5 nitrogen and oxygen atoms in total. The molecule has 0 atom stereocenters. The zero-order chi connectivity index (χ0) is 16.1. The fourth-order valence-electron chi connectivity index (χ4n) is 1.88. The first-order valence-electron chi connectivity index (χ1n) is 7.01. The van der Waals surface area contributed by atoms with Gasteiger partial charge in [-0.25, -0.2) is 17.9 Å². The van der Waals surface area contributed by atoms with E-state index in [0.29, 0.717) is 6.54 Å². The first-order valence-corrected chi connectivity index (χ1v) is 9.31. The summed E-state index contributed by atoms with van der Waals surface area (Å²) in [7, 11) is -3.63. The lowest BCUT2D eigenvalue weighted by atomic mass is 9.87. The molecule has 0 amide bonds. The summed E-state index contributed by atoms with van der Waals surface area (Å²) < 4.78 is 26.9. The first kappa shape index (κ1) is 18.1. The molecule has 0 aliphatic heterocycles. The van der Waals surface area contributed by atoms with E-state index in [2.05, 4.69) is 11.6 Å². The average Bonchev–Trinajstić information content (AvgIpc) is 2.87. The van der Waals surface area contributed by atoms with Gasteiger partial charge in [-0.1, -0.05) is 40.0 Å². The van der Waals surface area contributed by atoms with Gasteiger partial charge < -0.3 is 5.11 Å². The third-order valence-corrected chi connectivity index (χ3v) is 6.22. The molecule has 21 heavy (non-hydrogen) atoms. The molecular weight excluding hydrogens is 310 g/mol. The Balaban J connectivity index is 2.65. The van der Waals surface area contributed by atoms with E-state index in [0.717, 1.165) is 37.0 Å². The van der Waals surface area contributed by atoms with Crippen molar-refractivity contribution < 1.29 is 18.3 Å². The summed E-state index contributed by atoms with van der Waals surface area (Å²) in [5.74, 6) is -1.11. The fourth-order valence-corrected chi connectivity index (χ4v) is 4.31. The number of carboxylic acid groups (broad SMARTS) is 1. The van der Waals surface area contributed by atoms with E-state index < -0.39 is 16.0 Å². The number of hydrogen-bond donors (Lipinski definition) is 2. The molecule has 1 rings (SSSR count). The smallest absolute Gasteiger partial charge is 0.345 e. The molecule has 7 heteroatoms. The molecule has 120 valence electrons. The highest BCUT2D eigenvalue weighted by atomic mass is 32.2. The van der Waals surface area contributed by atoms with Crippen LogP contribution in [0.5, 0.6) is 0 Å². The minimum atomic E-state index is -3.63. The van der Waals surface area contributed by atoms with Gasteiger partial charge in [0.2, 0.25) is 10.0 Å². The molecule has 0 unspecified atom stereocenters. The summed E-state index contributed by atoms with van der Waals surface area (Å²) in [4.78, 5) is 10.8. The van der Waals surface area contributed by atoms with Crippen molar-refractivity contribution in [1.29, 1.82) is 0 Å². The van der Waals surface area contributed by atoms with Crippen molar-refractivity contribution in [3.05, 3.63) is 17.0 Å². The SMILES string of the molecule is CCCCCC(C)(C)CNS(=O)(=O)c1ccc(C(=O)O)s1. The van der Waals surface area contributed by atoms with Crippen molar-refractivity contribution >= 4 is 27.3 Å². The summed E-state index contributed by atoms with van der Waals surface area (Å²) in [5, 5.41) is 8.84. The second kappa shape index (κ2) is 7.38. The van der Waals surface area contributed by atoms with Crippen molar-refractivity contribution in [3.63, 3.8) is 0 Å². The predicted molar refractivity (Wildman–Crippen MR) is 84.4 cm³/mol. The fraction of sp³-hybridized carbons (Fsp3) is 0.643. The van der Waals surface area contributed by atoms with Gasteiger partial charge in [0.1, 0.15) is 9.09 Å². The van der Waals surface area contributed by atoms with Crippen LogP contribution in [-0.4, -0.2) is 26.0 Å². The van der Waals surface area contributed by atoms with Gasteiger partial charge in [-0.15, -0.1) is 11.3 Å². The van der Waals surface area contributed by atoms with E-state index >= 15 is 0 Å². The van der Waals surface area contributed by atoms with Crippen LogP contribution in [0, 0.1) is 5.41 Å². The number of nitrogens with one attached hydrogen (secondary N) is 1. The van der Waals surface area contributed by atoms with E-state index in [1.165, 1.54) is 12.1 Å². The van der Waals surface area contributed by atoms with Crippen LogP contribution < -0.4 is 4.72 Å². The van der Waals surface area contributed by atoms with Crippen molar-refractivity contribution in [2.45, 2.75) is 50.7 Å². The second-order valence-electron chi connectivity index (χ2n) is 5.87. The van der Waals surface area contributed by atoms with Crippen molar-refractivity contribution in [1.82, 2.24) is 4.72 Å². The summed E-state index contributed by atoms with van der Waals surface area (Å²) in [6, 6.07) is 2.65. The third kappa shape index (κ3) is 5.76. The van der Waals surface area contributed by atoms with Crippen LogP contribution in [0.1, 0.15) is 56.1 Å². The number of aromatic carboxylic acids is 1. The Hall–Kier alpha value is -0.920. The Morgan fingerprint density at radius 3 is 2.52 bits per heavy atom. The van der Waals surface area contributed by atoms with Crippen LogP contribution in [0.3, 0.4) is 0 Å². The maximum atomic E-state index is 12.2. The maximum Gasteiger partial charge on any atom is 0.345 e. The van der Waals surface area contributed by atoms with Gasteiger partial charge >= 0.3 is 5.97 Å². The normalized spacial score (nSPS) is 12.5. The Morgan fingerprint density at radius 1 is 1.33 bits per heavy atom. The minimum Gasteiger partial charge on any atom is -0.477 e. The standard InChI is InChI=1S/C14H23NO4S2/c1-4-5-6-9-14(2,3)10-15-21(18,19)12-8-7-11(20-12)13(16)17/h7-8,15H,4-6,9-10H2,1-3H3,(H,16,17). The van der Waals surface area contributed by atoms with Gasteiger partial charge in [0, 0.05) is 6.54 Å². The lowest BCUT2D eigenvalue weighted by molar-refractivity contribution is 0.0702. The van der Waals surface area contributed by atoms with Crippen LogP contribution in [0.2, 0.25) is 0 Å². The highest BCUT2D eigenvalue weighted by Gasteiger charge is 2.23. The van der Waals surface area contributed by atoms with Gasteiger partial charge in [-0.3, -0.25) is 0 Å². The molecule has 2 N–H and O–H groups in total. The number of carbonyl (C=O) groups is 1. The molecule has 1 aromatic heterocycles. The number of sulfonamides is 1. The van der Waals surface area contributed by atoms with E-state index in [1.807, 2.05) is 13.8 Å². The highest BCUT2D eigenvalue weighted by Crippen LogP contribution is 2.25. The zero-order valence-corrected chi connectivity index (χ0v) is 14.3. The number of thiophene rings is 1. The molecule has 0 bridgehead atoms. The first-order chi connectivity index (χ1) is 9.68. The van der Waals surface area contributed by atoms with Gasteiger partial charge in [-0.2, -0.15) is 0 Å². The summed E-state index contributed by atoms with van der Waals surface area (Å²) in [5.41, 5.74) is -0.116. The molecule has 0 spiro atoms. The van der Waals surface area contributed by atoms with Crippen LogP contribution in [0.4, 0.5) is 0 Å². The predicted octanol–water partition coefficient (Wildman–Crippen LogP) is 3.33. The number of carboxylic acids is 1. The molecule has 0 radical (unpaired) electrons. The largest absolute Gasteiger partial charge is 0.477 e. The van der Waals surface area contributed by atoms with E-state index in [1.54, 1.807) is 0 Å². The average molecular weight is 333 g/mol. The maximum absolute atomic E-state index is 12.2. The molecular formula is C14H23NO4S2. The number of unbranched alkanes of at least 4 members (excludes halogenated alkanes) is 2. The molecule has 0 aliphatic rings. The van der Waals surface area contributed by atoms with Crippen LogP contribution in [0.15, 0.2) is 16.3 Å². The zero-order valence-electron chi connectivity index (χ0n) is 12.7. The van der Waals surface area contributed by atoms with Crippen molar-refractivity contribution in [3.8, 4) is 0 Å². The Morgan fingerprint density at radius 2 is 2.00 bits per heavy atom. The third-order valence-electron chi connectivity index (χ3n) is 3.25. The van der Waals surface area contributed by atoms with Crippen LogP contribution in [0.25, 0.3) is 0 Å². The highest BCUT2D eigenvalue weighted by molar-refractivity contribution is 7.91. The summed E-state index contributed by atoms with van der Waals surface area (Å²) in [6.07, 6.45) is 4.31. The van der Waals surface area contributed by atoms with Gasteiger partial charge in [0.15, 0.2) is 0 Å². The topological polar surface area (TPSA) is 83.5 Å². The van der Waals surface area contributed by atoms with E-state index in [-0.39, 0.29) is 14.5 Å². The number of rotatable bonds is 9. The quantitative estimate of drug-likeness (QED) is 0.679. The summed E-state index contributed by atoms with van der Waals surface area (Å²) >= 11 is 0.770. The van der Waals surface area contributed by atoms with E-state index in [4.69, 9.17) is 5.11 Å². The monoisotopic (exact) mass is 333 g/mol. The van der Waals surface area contributed by atoms with Crippen molar-refractivity contribution in [2.75, 3.05) is 6.54 Å². The molecule has 1 aromatic rings. The Bertz CT molecular complexity index is 576. The molecule has 0 aromatic carbocycles. The lowest BCUT2D eigenvalue weighted by Crippen LogP contribution is -2.33. The second-order valence-corrected chi connectivity index (χ2v) is 8.95. The lowest BCUT2D eigenvalue weighted by Gasteiger charge is -2.24. The van der Waals surface area contributed by atoms with Crippen LogP contribution >= 0.6 is 11.3 Å². The molecule has 0 saturated carbocycles. The Kier molecular flexibility index (Phi) is 6.37. The number of hydrogen-bond acceptors (Lipinski definition) is 4. The van der Waals surface area contributed by atoms with Gasteiger partial charge in [0.25, 0.3) is 0 Å². The van der Waals surface area contributed by atoms with Gasteiger partial charge in [0.05, 0.1) is 0 Å². The summed E-state index contributed by atoms with van der Waals surface area (Å²) in [6.45, 7) is 6.54. The molecule has 0 aliphatic carbocycles. The Labute approximate surface area is 130 Å². The molecule has 1 heterocycles. The van der Waals surface area contributed by atoms with Crippen LogP contribution in [-0.2, 0) is 10.0 Å². The van der Waals surface area contributed by atoms with E-state index in [9.17, 15) is 13.2 Å².